The Morgan fingerprint density at radius 3 is 2.71 bits per heavy atom. The van der Waals surface area contributed by atoms with Crippen molar-refractivity contribution in [2.75, 3.05) is 7.11 Å². The Kier molecular flexibility index (Phi) is 4.24. The Bertz CT molecular complexity index is 418. The molecule has 0 spiro atoms. The van der Waals surface area contributed by atoms with Crippen LogP contribution in [-0.4, -0.2) is 13.2 Å². The van der Waals surface area contributed by atoms with Crippen LogP contribution in [0, 0.1) is 0 Å². The van der Waals surface area contributed by atoms with Crippen LogP contribution in [0.15, 0.2) is 28.2 Å². The fourth-order valence-corrected chi connectivity index (χ4v) is 2.57. The SMILES string of the molecule is COc1ccc(Br)cc1C=C1CCC(N)CC1. The molecule has 0 atom stereocenters. The van der Waals surface area contributed by atoms with Crippen LogP contribution >= 0.6 is 15.9 Å². The predicted molar refractivity (Wildman–Crippen MR) is 75.1 cm³/mol. The molecule has 0 saturated heterocycles. The summed E-state index contributed by atoms with van der Waals surface area (Å²) < 4.78 is 6.45. The van der Waals surface area contributed by atoms with Crippen molar-refractivity contribution in [3.63, 3.8) is 0 Å². The van der Waals surface area contributed by atoms with Gasteiger partial charge in [0.25, 0.3) is 0 Å². The van der Waals surface area contributed by atoms with Crippen LogP contribution in [0.25, 0.3) is 6.08 Å². The van der Waals surface area contributed by atoms with Crippen molar-refractivity contribution in [3.05, 3.63) is 33.8 Å². The molecule has 0 amide bonds. The van der Waals surface area contributed by atoms with E-state index in [1.54, 1.807) is 7.11 Å². The molecule has 0 aliphatic heterocycles. The van der Waals surface area contributed by atoms with Gasteiger partial charge in [-0.2, -0.15) is 0 Å². The highest BCUT2D eigenvalue weighted by Crippen LogP contribution is 2.29. The van der Waals surface area contributed by atoms with E-state index in [4.69, 9.17) is 10.5 Å². The second-order valence-electron chi connectivity index (χ2n) is 4.53. The summed E-state index contributed by atoms with van der Waals surface area (Å²) >= 11 is 3.50. The van der Waals surface area contributed by atoms with Gasteiger partial charge in [-0.1, -0.05) is 27.6 Å². The lowest BCUT2D eigenvalue weighted by molar-refractivity contribution is 0.413. The summed E-state index contributed by atoms with van der Waals surface area (Å²) in [4.78, 5) is 0. The topological polar surface area (TPSA) is 35.2 Å². The highest BCUT2D eigenvalue weighted by Gasteiger charge is 2.13. The van der Waals surface area contributed by atoms with Crippen molar-refractivity contribution in [1.29, 1.82) is 0 Å². The second-order valence-corrected chi connectivity index (χ2v) is 5.44. The standard InChI is InChI=1S/C14H18BrNO/c1-17-14-7-4-12(15)9-11(14)8-10-2-5-13(16)6-3-10/h4,7-9,13H,2-3,5-6,16H2,1H3. The highest BCUT2D eigenvalue weighted by atomic mass is 79.9. The van der Waals surface area contributed by atoms with Gasteiger partial charge in [0.15, 0.2) is 0 Å². The van der Waals surface area contributed by atoms with Crippen LogP contribution in [0.1, 0.15) is 31.2 Å². The summed E-state index contributed by atoms with van der Waals surface area (Å²) in [5.74, 6) is 0.926. The molecule has 0 aromatic heterocycles. The molecule has 1 aliphatic carbocycles. The minimum absolute atomic E-state index is 0.386. The van der Waals surface area contributed by atoms with Gasteiger partial charge >= 0.3 is 0 Å². The summed E-state index contributed by atoms with van der Waals surface area (Å²) in [6.45, 7) is 0. The fourth-order valence-electron chi connectivity index (χ4n) is 2.19. The molecular formula is C14H18BrNO. The average Bonchev–Trinajstić information content (AvgIpc) is 2.32. The maximum absolute atomic E-state index is 5.91. The van der Waals surface area contributed by atoms with Crippen LogP contribution in [-0.2, 0) is 0 Å². The van der Waals surface area contributed by atoms with Gasteiger partial charge in [0, 0.05) is 16.1 Å². The lowest BCUT2D eigenvalue weighted by Gasteiger charge is -2.20. The molecule has 3 heteroatoms. The largest absolute Gasteiger partial charge is 0.496 e. The van der Waals surface area contributed by atoms with E-state index in [2.05, 4.69) is 28.1 Å². The van der Waals surface area contributed by atoms with Crippen LogP contribution < -0.4 is 10.5 Å². The highest BCUT2D eigenvalue weighted by molar-refractivity contribution is 9.10. The fraction of sp³-hybridized carbons (Fsp3) is 0.429. The first kappa shape index (κ1) is 12.7. The second kappa shape index (κ2) is 5.69. The van der Waals surface area contributed by atoms with E-state index in [-0.39, 0.29) is 0 Å². The minimum Gasteiger partial charge on any atom is -0.496 e. The van der Waals surface area contributed by atoms with E-state index < -0.39 is 0 Å². The first-order valence-corrected chi connectivity index (χ1v) is 6.77. The molecule has 1 aromatic rings. The molecule has 0 heterocycles. The van der Waals surface area contributed by atoms with E-state index in [1.165, 1.54) is 5.57 Å². The number of nitrogens with two attached hydrogens (primary N) is 1. The van der Waals surface area contributed by atoms with Crippen molar-refractivity contribution in [2.24, 2.45) is 5.73 Å². The van der Waals surface area contributed by atoms with E-state index in [9.17, 15) is 0 Å². The lowest BCUT2D eigenvalue weighted by Crippen LogP contribution is -2.23. The van der Waals surface area contributed by atoms with Crippen LogP contribution in [0.5, 0.6) is 5.75 Å². The van der Waals surface area contributed by atoms with E-state index in [1.807, 2.05) is 12.1 Å². The molecule has 1 saturated carbocycles. The number of ether oxygens (including phenoxy) is 1. The summed E-state index contributed by atoms with van der Waals surface area (Å²) in [6, 6.07) is 6.47. The molecule has 1 aromatic carbocycles. The van der Waals surface area contributed by atoms with Gasteiger partial charge in [-0.05, 0) is 43.9 Å². The van der Waals surface area contributed by atoms with Crippen LogP contribution in [0.2, 0.25) is 0 Å². The molecule has 2 rings (SSSR count). The number of benzene rings is 1. The van der Waals surface area contributed by atoms with Gasteiger partial charge in [-0.15, -0.1) is 0 Å². The van der Waals surface area contributed by atoms with Crippen LogP contribution in [0.4, 0.5) is 0 Å². The molecule has 2 nitrogen and oxygen atoms in total. The zero-order chi connectivity index (χ0) is 12.3. The Morgan fingerprint density at radius 1 is 1.35 bits per heavy atom. The summed E-state index contributed by atoms with van der Waals surface area (Å²) in [7, 11) is 1.71. The number of hydrogen-bond acceptors (Lipinski definition) is 2. The molecule has 2 N–H and O–H groups in total. The number of methoxy groups -OCH3 is 1. The van der Waals surface area contributed by atoms with Crippen LogP contribution in [0.3, 0.4) is 0 Å². The molecule has 0 unspecified atom stereocenters. The Labute approximate surface area is 111 Å². The molecule has 17 heavy (non-hydrogen) atoms. The van der Waals surface area contributed by atoms with Gasteiger partial charge in [0.05, 0.1) is 7.11 Å². The summed E-state index contributed by atoms with van der Waals surface area (Å²) in [5.41, 5.74) is 8.53. The minimum atomic E-state index is 0.386. The Hall–Kier alpha value is -0.800. The van der Waals surface area contributed by atoms with Crippen molar-refractivity contribution in [1.82, 2.24) is 0 Å². The van der Waals surface area contributed by atoms with Crippen molar-refractivity contribution >= 4 is 22.0 Å². The van der Waals surface area contributed by atoms with Crippen molar-refractivity contribution in [2.45, 2.75) is 31.7 Å². The zero-order valence-electron chi connectivity index (χ0n) is 10.1. The van der Waals surface area contributed by atoms with Gasteiger partial charge in [-0.25, -0.2) is 0 Å². The maximum Gasteiger partial charge on any atom is 0.126 e. The maximum atomic E-state index is 5.91. The van der Waals surface area contributed by atoms with E-state index >= 15 is 0 Å². The third kappa shape index (κ3) is 3.33. The normalized spacial score (nSPS) is 20.2. The third-order valence-electron chi connectivity index (χ3n) is 3.22. The van der Waals surface area contributed by atoms with Crippen molar-refractivity contribution < 1.29 is 4.74 Å². The number of allylic oxidation sites excluding steroid dienone is 1. The summed E-state index contributed by atoms with van der Waals surface area (Å²) in [5, 5.41) is 0. The first-order chi connectivity index (χ1) is 8.19. The monoisotopic (exact) mass is 295 g/mol. The van der Waals surface area contributed by atoms with Gasteiger partial charge in [0.1, 0.15) is 5.75 Å². The molecule has 1 aliphatic rings. The van der Waals surface area contributed by atoms with E-state index in [0.717, 1.165) is 41.5 Å². The van der Waals surface area contributed by atoms with Crippen molar-refractivity contribution in [3.8, 4) is 5.75 Å². The lowest BCUT2D eigenvalue weighted by atomic mass is 9.90. The molecular weight excluding hydrogens is 278 g/mol. The summed E-state index contributed by atoms with van der Waals surface area (Å²) in [6.07, 6.45) is 6.66. The molecule has 92 valence electrons. The smallest absolute Gasteiger partial charge is 0.126 e. The van der Waals surface area contributed by atoms with Gasteiger partial charge in [0.2, 0.25) is 0 Å². The average molecular weight is 296 g/mol. The molecule has 0 bridgehead atoms. The quantitative estimate of drug-likeness (QED) is 0.902. The zero-order valence-corrected chi connectivity index (χ0v) is 11.7. The third-order valence-corrected chi connectivity index (χ3v) is 3.72. The number of halogens is 1. The molecule has 1 fully saturated rings. The van der Waals surface area contributed by atoms with Gasteiger partial charge < -0.3 is 10.5 Å². The predicted octanol–water partition coefficient (Wildman–Crippen LogP) is 3.74. The van der Waals surface area contributed by atoms with E-state index in [0.29, 0.717) is 6.04 Å². The number of hydrogen-bond donors (Lipinski definition) is 1. The molecule has 0 radical (unpaired) electrons. The van der Waals surface area contributed by atoms with Gasteiger partial charge in [-0.3, -0.25) is 0 Å². The number of rotatable bonds is 2. The first-order valence-electron chi connectivity index (χ1n) is 5.97. The Morgan fingerprint density at radius 2 is 2.06 bits per heavy atom. The Balaban J connectivity index is 2.22.